The number of nitrogens with one attached hydrogen (secondary N) is 2. The van der Waals surface area contributed by atoms with Crippen LogP contribution in [0, 0.1) is 10.1 Å². The molecule has 0 aliphatic heterocycles. The highest BCUT2D eigenvalue weighted by Gasteiger charge is 2.11. The molecule has 1 aromatic carbocycles. The highest BCUT2D eigenvalue weighted by molar-refractivity contribution is 5.95. The van der Waals surface area contributed by atoms with Crippen molar-refractivity contribution in [3.05, 3.63) is 39.9 Å². The minimum absolute atomic E-state index is 0.119. The molecule has 7 heteroatoms. The second-order valence-corrected chi connectivity index (χ2v) is 4.27. The molecule has 7 nitrogen and oxygen atoms in total. The quantitative estimate of drug-likeness (QED) is 0.472. The van der Waals surface area contributed by atoms with Gasteiger partial charge in [0.2, 0.25) is 5.91 Å². The predicted octanol–water partition coefficient (Wildman–Crippen LogP) is 1.94. The van der Waals surface area contributed by atoms with Crippen molar-refractivity contribution in [1.29, 1.82) is 0 Å². The molecule has 2 N–H and O–H groups in total. The van der Waals surface area contributed by atoms with E-state index in [0.29, 0.717) is 6.42 Å². The van der Waals surface area contributed by atoms with Crippen LogP contribution in [0.15, 0.2) is 24.3 Å². The van der Waals surface area contributed by atoms with Crippen LogP contribution in [0.1, 0.15) is 43.0 Å². The predicted molar refractivity (Wildman–Crippen MR) is 72.8 cm³/mol. The summed E-state index contributed by atoms with van der Waals surface area (Å²) in [5.41, 5.74) is 4.46. The molecule has 0 aliphatic rings. The third kappa shape index (κ3) is 5.05. The molecule has 0 saturated heterocycles. The molecule has 0 radical (unpaired) electrons. The van der Waals surface area contributed by atoms with Crippen molar-refractivity contribution in [3.63, 3.8) is 0 Å². The van der Waals surface area contributed by atoms with E-state index in [1.807, 2.05) is 6.92 Å². The maximum atomic E-state index is 11.7. The molecular weight excluding hydrogens is 262 g/mol. The molecule has 0 aliphatic carbocycles. The van der Waals surface area contributed by atoms with Crippen molar-refractivity contribution in [3.8, 4) is 0 Å². The molecule has 20 heavy (non-hydrogen) atoms. The minimum atomic E-state index is -0.586. The van der Waals surface area contributed by atoms with E-state index in [4.69, 9.17) is 0 Å². The van der Waals surface area contributed by atoms with Gasteiger partial charge in [0, 0.05) is 24.1 Å². The second kappa shape index (κ2) is 7.88. The van der Waals surface area contributed by atoms with Crippen LogP contribution in [-0.2, 0) is 4.79 Å². The van der Waals surface area contributed by atoms with Crippen LogP contribution >= 0.6 is 0 Å². The summed E-state index contributed by atoms with van der Waals surface area (Å²) in [5.74, 6) is -0.866. The lowest BCUT2D eigenvalue weighted by Gasteiger charge is -2.07. The van der Waals surface area contributed by atoms with E-state index in [2.05, 4.69) is 10.9 Å². The van der Waals surface area contributed by atoms with Crippen molar-refractivity contribution < 1.29 is 14.5 Å². The molecule has 0 saturated carbocycles. The van der Waals surface area contributed by atoms with E-state index in [1.165, 1.54) is 18.2 Å². The third-order valence-electron chi connectivity index (χ3n) is 2.64. The number of amides is 2. The monoisotopic (exact) mass is 279 g/mol. The molecule has 0 heterocycles. The number of nitro benzene ring substituents is 1. The summed E-state index contributed by atoms with van der Waals surface area (Å²) < 4.78 is 0. The Balaban J connectivity index is 2.48. The Morgan fingerprint density at radius 1 is 1.25 bits per heavy atom. The Morgan fingerprint density at radius 2 is 2.00 bits per heavy atom. The van der Waals surface area contributed by atoms with Crippen LogP contribution < -0.4 is 10.9 Å². The van der Waals surface area contributed by atoms with Gasteiger partial charge in [0.1, 0.15) is 0 Å². The van der Waals surface area contributed by atoms with Gasteiger partial charge in [-0.3, -0.25) is 30.6 Å². The van der Waals surface area contributed by atoms with E-state index in [-0.39, 0.29) is 17.2 Å². The number of non-ortho nitro benzene ring substituents is 1. The fraction of sp³-hybridized carbons (Fsp3) is 0.385. The molecular formula is C13H17N3O4. The number of nitro groups is 1. The number of rotatable bonds is 6. The van der Waals surface area contributed by atoms with Gasteiger partial charge in [-0.15, -0.1) is 0 Å². The second-order valence-electron chi connectivity index (χ2n) is 4.27. The number of carbonyl (C=O) groups excluding carboxylic acids is 2. The molecule has 2 amide bonds. The van der Waals surface area contributed by atoms with E-state index >= 15 is 0 Å². The lowest BCUT2D eigenvalue weighted by molar-refractivity contribution is -0.384. The fourth-order valence-corrected chi connectivity index (χ4v) is 1.56. The molecule has 0 fully saturated rings. The van der Waals surface area contributed by atoms with Gasteiger partial charge < -0.3 is 0 Å². The first-order valence-corrected chi connectivity index (χ1v) is 6.38. The minimum Gasteiger partial charge on any atom is -0.273 e. The normalized spacial score (nSPS) is 9.85. The number of hydrogen-bond acceptors (Lipinski definition) is 4. The average molecular weight is 279 g/mol. The molecule has 1 rings (SSSR count). The van der Waals surface area contributed by atoms with Crippen LogP contribution in [0.5, 0.6) is 0 Å². The summed E-state index contributed by atoms with van der Waals surface area (Å²) in [6.07, 6.45) is 3.05. The molecule has 108 valence electrons. The zero-order valence-corrected chi connectivity index (χ0v) is 11.2. The summed E-state index contributed by atoms with van der Waals surface area (Å²) in [6.45, 7) is 2.03. The number of hydrazine groups is 1. The zero-order chi connectivity index (χ0) is 15.0. The molecule has 0 bridgehead atoms. The van der Waals surface area contributed by atoms with E-state index in [9.17, 15) is 19.7 Å². The van der Waals surface area contributed by atoms with Crippen LogP contribution in [0.2, 0.25) is 0 Å². The summed E-state index contributed by atoms with van der Waals surface area (Å²) in [4.78, 5) is 33.1. The van der Waals surface area contributed by atoms with Gasteiger partial charge in [0.15, 0.2) is 0 Å². The Kier molecular flexibility index (Phi) is 6.15. The molecule has 0 spiro atoms. The standard InChI is InChI=1S/C13H17N3O4/c1-2-3-4-8-12(17)14-15-13(18)10-6-5-7-11(9-10)16(19)20/h5-7,9H,2-4,8H2,1H3,(H,14,17)(H,15,18). The summed E-state index contributed by atoms with van der Waals surface area (Å²) in [7, 11) is 0. The van der Waals surface area contributed by atoms with E-state index in [1.54, 1.807) is 0 Å². The van der Waals surface area contributed by atoms with Gasteiger partial charge in [-0.2, -0.15) is 0 Å². The Morgan fingerprint density at radius 3 is 2.65 bits per heavy atom. The maximum absolute atomic E-state index is 11.7. The topological polar surface area (TPSA) is 101 Å². The lowest BCUT2D eigenvalue weighted by Crippen LogP contribution is -2.41. The number of carbonyl (C=O) groups is 2. The smallest absolute Gasteiger partial charge is 0.270 e. The van der Waals surface area contributed by atoms with Crippen molar-refractivity contribution in [1.82, 2.24) is 10.9 Å². The van der Waals surface area contributed by atoms with Gasteiger partial charge in [-0.25, -0.2) is 0 Å². The van der Waals surface area contributed by atoms with E-state index in [0.717, 1.165) is 25.3 Å². The highest BCUT2D eigenvalue weighted by atomic mass is 16.6. The Hall–Kier alpha value is -2.44. The zero-order valence-electron chi connectivity index (χ0n) is 11.2. The molecule has 0 aromatic heterocycles. The molecule has 1 aromatic rings. The van der Waals surface area contributed by atoms with Crippen molar-refractivity contribution in [2.45, 2.75) is 32.6 Å². The summed E-state index contributed by atoms with van der Waals surface area (Å²) >= 11 is 0. The van der Waals surface area contributed by atoms with Crippen LogP contribution in [0.25, 0.3) is 0 Å². The number of unbranched alkanes of at least 4 members (excludes halogenated alkanes) is 2. The number of benzene rings is 1. The largest absolute Gasteiger partial charge is 0.273 e. The highest BCUT2D eigenvalue weighted by Crippen LogP contribution is 2.12. The van der Waals surface area contributed by atoms with Crippen molar-refractivity contribution in [2.24, 2.45) is 0 Å². The summed E-state index contributed by atoms with van der Waals surface area (Å²) in [5, 5.41) is 10.6. The number of hydrogen-bond donors (Lipinski definition) is 2. The van der Waals surface area contributed by atoms with Crippen molar-refractivity contribution in [2.75, 3.05) is 0 Å². The van der Waals surface area contributed by atoms with Crippen LogP contribution in [-0.4, -0.2) is 16.7 Å². The van der Waals surface area contributed by atoms with Gasteiger partial charge in [-0.05, 0) is 12.5 Å². The van der Waals surface area contributed by atoms with E-state index < -0.39 is 10.8 Å². The average Bonchev–Trinajstić information content (AvgIpc) is 2.45. The lowest BCUT2D eigenvalue weighted by atomic mass is 10.2. The first kappa shape index (κ1) is 15.6. The summed E-state index contributed by atoms with van der Waals surface area (Å²) in [6, 6.07) is 5.29. The van der Waals surface area contributed by atoms with Gasteiger partial charge in [-0.1, -0.05) is 25.8 Å². The van der Waals surface area contributed by atoms with Gasteiger partial charge in [0.05, 0.1) is 4.92 Å². The fourth-order valence-electron chi connectivity index (χ4n) is 1.56. The molecule has 0 unspecified atom stereocenters. The third-order valence-corrected chi connectivity index (χ3v) is 2.64. The van der Waals surface area contributed by atoms with Crippen LogP contribution in [0.3, 0.4) is 0 Å². The van der Waals surface area contributed by atoms with Gasteiger partial charge >= 0.3 is 0 Å². The van der Waals surface area contributed by atoms with Gasteiger partial charge in [0.25, 0.3) is 11.6 Å². The Bertz CT molecular complexity index is 502. The Labute approximate surface area is 116 Å². The number of nitrogens with zero attached hydrogens (tertiary/aromatic N) is 1. The maximum Gasteiger partial charge on any atom is 0.270 e. The first-order valence-electron chi connectivity index (χ1n) is 6.38. The molecule has 0 atom stereocenters. The van der Waals surface area contributed by atoms with Crippen molar-refractivity contribution >= 4 is 17.5 Å². The SMILES string of the molecule is CCCCCC(=O)NNC(=O)c1cccc([N+](=O)[O-])c1. The van der Waals surface area contributed by atoms with Crippen LogP contribution in [0.4, 0.5) is 5.69 Å². The first-order chi connectivity index (χ1) is 9.54.